The fourth-order valence-electron chi connectivity index (χ4n) is 3.58. The van der Waals surface area contributed by atoms with Crippen LogP contribution in [0, 0.1) is 0 Å². The number of hydrogen-bond acceptors (Lipinski definition) is 5. The number of rotatable bonds is 4. The molecular weight excluding hydrogens is 358 g/mol. The molecule has 2 amide bonds. The summed E-state index contributed by atoms with van der Waals surface area (Å²) in [7, 11) is -0.391. The van der Waals surface area contributed by atoms with E-state index in [0.29, 0.717) is 32.1 Å². The maximum absolute atomic E-state index is 12.6. The minimum absolute atomic E-state index is 0.113. The van der Waals surface area contributed by atoms with E-state index in [1.807, 2.05) is 6.07 Å². The van der Waals surface area contributed by atoms with Crippen LogP contribution < -0.4 is 5.32 Å². The van der Waals surface area contributed by atoms with Gasteiger partial charge in [-0.05, 0) is 25.7 Å². The Morgan fingerprint density at radius 2 is 2.00 bits per heavy atom. The van der Waals surface area contributed by atoms with E-state index in [1.165, 1.54) is 22.7 Å². The molecule has 9 nitrogen and oxygen atoms in total. The van der Waals surface area contributed by atoms with E-state index in [1.54, 1.807) is 11.2 Å². The third-order valence-corrected chi connectivity index (χ3v) is 7.06. The Bertz CT molecular complexity index is 698. The van der Waals surface area contributed by atoms with Gasteiger partial charge in [-0.15, -0.1) is 0 Å². The van der Waals surface area contributed by atoms with Crippen molar-refractivity contribution in [2.75, 3.05) is 40.3 Å². The number of nitrogens with one attached hydrogen (secondary N) is 1. The van der Waals surface area contributed by atoms with E-state index in [4.69, 9.17) is 4.52 Å². The van der Waals surface area contributed by atoms with Crippen molar-refractivity contribution in [3.8, 4) is 0 Å². The molecule has 2 saturated heterocycles. The van der Waals surface area contributed by atoms with Crippen molar-refractivity contribution in [2.24, 2.45) is 0 Å². The van der Waals surface area contributed by atoms with Crippen LogP contribution in [-0.4, -0.2) is 79.4 Å². The lowest BCUT2D eigenvalue weighted by Crippen LogP contribution is -2.55. The van der Waals surface area contributed by atoms with Gasteiger partial charge in [0, 0.05) is 58.3 Å². The summed E-state index contributed by atoms with van der Waals surface area (Å²) in [4.78, 5) is 14.4. The van der Waals surface area contributed by atoms with Crippen molar-refractivity contribution in [2.45, 2.75) is 37.6 Å². The van der Waals surface area contributed by atoms with Gasteiger partial charge in [0.05, 0.1) is 5.69 Å². The Balaban J connectivity index is 1.50. The van der Waals surface area contributed by atoms with Crippen LogP contribution in [-0.2, 0) is 10.2 Å². The molecule has 10 heteroatoms. The quantitative estimate of drug-likeness (QED) is 0.828. The van der Waals surface area contributed by atoms with Crippen LogP contribution in [0.3, 0.4) is 0 Å². The summed E-state index contributed by atoms with van der Waals surface area (Å²) >= 11 is 0. The first-order valence-electron chi connectivity index (χ1n) is 9.01. The van der Waals surface area contributed by atoms with E-state index in [0.717, 1.165) is 31.4 Å². The highest BCUT2D eigenvalue weighted by atomic mass is 32.2. The summed E-state index contributed by atoms with van der Waals surface area (Å²) in [5.74, 6) is 0.327. The predicted molar refractivity (Wildman–Crippen MR) is 95.8 cm³/mol. The molecule has 0 saturated carbocycles. The number of likely N-dealkylation sites (tertiary alicyclic amines) is 1. The van der Waals surface area contributed by atoms with E-state index < -0.39 is 10.2 Å². The van der Waals surface area contributed by atoms with Crippen molar-refractivity contribution in [1.82, 2.24) is 24.0 Å². The van der Waals surface area contributed by atoms with Gasteiger partial charge >= 0.3 is 6.03 Å². The van der Waals surface area contributed by atoms with E-state index in [2.05, 4.69) is 10.5 Å². The monoisotopic (exact) mass is 385 g/mol. The van der Waals surface area contributed by atoms with Gasteiger partial charge in [-0.1, -0.05) is 5.16 Å². The normalized spacial score (nSPS) is 23.3. The minimum Gasteiger partial charge on any atom is -0.365 e. The lowest BCUT2D eigenvalue weighted by Gasteiger charge is -2.36. The van der Waals surface area contributed by atoms with Crippen molar-refractivity contribution in [3.05, 3.63) is 18.0 Å². The van der Waals surface area contributed by atoms with Crippen LogP contribution >= 0.6 is 0 Å². The molecule has 1 aromatic rings. The maximum Gasteiger partial charge on any atom is 0.317 e. The molecule has 0 aliphatic carbocycles. The zero-order chi connectivity index (χ0) is 18.7. The summed E-state index contributed by atoms with van der Waals surface area (Å²) < 4.78 is 32.1. The highest BCUT2D eigenvalue weighted by molar-refractivity contribution is 7.86. The second-order valence-electron chi connectivity index (χ2n) is 7.12. The third-order valence-electron chi connectivity index (χ3n) is 5.16. The van der Waals surface area contributed by atoms with Gasteiger partial charge in [0.25, 0.3) is 10.2 Å². The van der Waals surface area contributed by atoms with Gasteiger partial charge in [-0.2, -0.15) is 17.0 Å². The number of piperidine rings is 2. The number of urea groups is 1. The van der Waals surface area contributed by atoms with Crippen molar-refractivity contribution >= 4 is 16.2 Å². The van der Waals surface area contributed by atoms with Crippen LogP contribution in [0.2, 0.25) is 0 Å². The first kappa shape index (κ1) is 19.1. The molecule has 1 atom stereocenters. The van der Waals surface area contributed by atoms with E-state index in [-0.39, 0.29) is 12.1 Å². The second kappa shape index (κ2) is 7.93. The average Bonchev–Trinajstić information content (AvgIpc) is 3.16. The molecule has 2 aliphatic heterocycles. The number of hydrogen-bond donors (Lipinski definition) is 1. The van der Waals surface area contributed by atoms with Crippen LogP contribution in [0.4, 0.5) is 4.79 Å². The summed E-state index contributed by atoms with van der Waals surface area (Å²) in [6.45, 7) is 2.14. The van der Waals surface area contributed by atoms with Crippen molar-refractivity contribution < 1.29 is 17.7 Å². The van der Waals surface area contributed by atoms with Gasteiger partial charge in [-0.25, -0.2) is 4.79 Å². The first-order valence-corrected chi connectivity index (χ1v) is 10.4. The number of carbonyl (C=O) groups is 1. The standard InChI is InChI=1S/C16H27N5O4S/c1-19(2)26(23,24)21-8-3-4-14(12-21)17-16(22)20-9-5-13(6-10-20)15-7-11-25-18-15/h7,11,13-14H,3-6,8-10,12H2,1-2H3,(H,17,22)/t14-/m1/s1. The Labute approximate surface area is 154 Å². The number of amides is 2. The molecule has 146 valence electrons. The number of carbonyl (C=O) groups excluding carboxylic acids is 1. The molecule has 3 heterocycles. The highest BCUT2D eigenvalue weighted by Crippen LogP contribution is 2.26. The van der Waals surface area contributed by atoms with Crippen LogP contribution in [0.15, 0.2) is 16.9 Å². The van der Waals surface area contributed by atoms with Gasteiger partial charge in [0.2, 0.25) is 0 Å². The number of aromatic nitrogens is 1. The molecule has 3 rings (SSSR count). The topological polar surface area (TPSA) is 99.0 Å². The summed E-state index contributed by atoms with van der Waals surface area (Å²) in [5.41, 5.74) is 0.946. The Hall–Kier alpha value is -1.65. The zero-order valence-electron chi connectivity index (χ0n) is 15.3. The van der Waals surface area contributed by atoms with Gasteiger partial charge < -0.3 is 14.7 Å². The molecule has 1 aromatic heterocycles. The lowest BCUT2D eigenvalue weighted by atomic mass is 9.94. The van der Waals surface area contributed by atoms with Gasteiger partial charge in [0.1, 0.15) is 6.26 Å². The van der Waals surface area contributed by atoms with Crippen LogP contribution in [0.5, 0.6) is 0 Å². The second-order valence-corrected chi connectivity index (χ2v) is 9.26. The van der Waals surface area contributed by atoms with Gasteiger partial charge in [0.15, 0.2) is 0 Å². The molecule has 2 fully saturated rings. The molecule has 0 radical (unpaired) electrons. The SMILES string of the molecule is CN(C)S(=O)(=O)N1CCC[C@@H](NC(=O)N2CCC(c3ccon3)CC2)C1. The van der Waals surface area contributed by atoms with Crippen molar-refractivity contribution in [1.29, 1.82) is 0 Å². The molecule has 2 aliphatic rings. The molecule has 0 aromatic carbocycles. The fourth-order valence-corrected chi connectivity index (χ4v) is 4.77. The largest absolute Gasteiger partial charge is 0.365 e. The molecule has 0 bridgehead atoms. The molecule has 1 N–H and O–H groups in total. The summed E-state index contributed by atoms with van der Waals surface area (Å²) in [6, 6.07) is 1.61. The van der Waals surface area contributed by atoms with Crippen LogP contribution in [0.25, 0.3) is 0 Å². The first-order chi connectivity index (χ1) is 12.4. The Morgan fingerprint density at radius 3 is 2.62 bits per heavy atom. The fraction of sp³-hybridized carbons (Fsp3) is 0.750. The molecule has 26 heavy (non-hydrogen) atoms. The third kappa shape index (κ3) is 4.18. The lowest BCUT2D eigenvalue weighted by molar-refractivity contribution is 0.170. The number of nitrogens with zero attached hydrogens (tertiary/aromatic N) is 4. The Morgan fingerprint density at radius 1 is 1.27 bits per heavy atom. The average molecular weight is 385 g/mol. The van der Waals surface area contributed by atoms with E-state index >= 15 is 0 Å². The molecular formula is C16H27N5O4S. The van der Waals surface area contributed by atoms with E-state index in [9.17, 15) is 13.2 Å². The highest BCUT2D eigenvalue weighted by Gasteiger charge is 2.32. The smallest absolute Gasteiger partial charge is 0.317 e. The molecule has 0 unspecified atom stereocenters. The summed E-state index contributed by atoms with van der Waals surface area (Å²) in [5, 5.41) is 7.00. The van der Waals surface area contributed by atoms with Crippen LogP contribution in [0.1, 0.15) is 37.3 Å². The minimum atomic E-state index is -3.44. The Kier molecular flexibility index (Phi) is 5.83. The maximum atomic E-state index is 12.6. The van der Waals surface area contributed by atoms with Crippen molar-refractivity contribution in [3.63, 3.8) is 0 Å². The summed E-state index contributed by atoms with van der Waals surface area (Å²) in [6.07, 6.45) is 4.81. The predicted octanol–water partition coefficient (Wildman–Crippen LogP) is 0.834. The molecule has 0 spiro atoms. The van der Waals surface area contributed by atoms with Gasteiger partial charge in [-0.3, -0.25) is 0 Å². The zero-order valence-corrected chi connectivity index (χ0v) is 16.1.